The second-order valence-electron chi connectivity index (χ2n) is 7.85. The first kappa shape index (κ1) is 25.1. The van der Waals surface area contributed by atoms with Crippen molar-refractivity contribution in [2.45, 2.75) is 33.8 Å². The molecule has 3 rings (SSSR count). The van der Waals surface area contributed by atoms with E-state index >= 15 is 0 Å². The van der Waals surface area contributed by atoms with Crippen LogP contribution < -0.4 is 15.0 Å². The molecule has 2 aromatic heterocycles. The second kappa shape index (κ2) is 11.6. The Bertz CT molecular complexity index is 1110. The fourth-order valence-electron chi connectivity index (χ4n) is 3.45. The molecule has 10 heteroatoms. The highest BCUT2D eigenvalue weighted by Crippen LogP contribution is 2.29. The van der Waals surface area contributed by atoms with E-state index in [-0.39, 0.29) is 13.2 Å². The van der Waals surface area contributed by atoms with Crippen molar-refractivity contribution in [3.05, 3.63) is 41.6 Å². The number of hydrogen-bond donors (Lipinski definition) is 3. The number of carbonyl (C=O) groups is 1. The maximum absolute atomic E-state index is 11.1. The van der Waals surface area contributed by atoms with Gasteiger partial charge in [0.15, 0.2) is 0 Å². The first-order chi connectivity index (χ1) is 16.3. The molecule has 2 heterocycles. The van der Waals surface area contributed by atoms with Gasteiger partial charge in [0.25, 0.3) is 5.89 Å². The minimum Gasteiger partial charge on any atom is -0.491 e. The Balaban J connectivity index is 1.72. The number of aryl methyl sites for hydroxylation is 2. The number of aromatic nitrogens is 3. The summed E-state index contributed by atoms with van der Waals surface area (Å²) in [5, 5.41) is 25.2. The summed E-state index contributed by atoms with van der Waals surface area (Å²) in [6.45, 7) is 9.09. The van der Waals surface area contributed by atoms with Crippen LogP contribution in [-0.2, 0) is 4.79 Å². The number of aliphatic hydroxyl groups excluding tert-OH is 2. The first-order valence-corrected chi connectivity index (χ1v) is 11.2. The molecule has 1 aromatic carbocycles. The molecule has 0 fully saturated rings. The monoisotopic (exact) mass is 469 g/mol. The van der Waals surface area contributed by atoms with Crippen molar-refractivity contribution in [1.29, 1.82) is 0 Å². The SMILES string of the molecule is CCN(CC)c1cc(-c2nc(-c3ccc(OCC(O)CNC(=O)CO)cc3C)no2)cc(C)n1. The minimum absolute atomic E-state index is 0.00683. The molecule has 1 amide bonds. The fourth-order valence-corrected chi connectivity index (χ4v) is 3.45. The van der Waals surface area contributed by atoms with Crippen LogP contribution >= 0.6 is 0 Å². The molecule has 0 radical (unpaired) electrons. The van der Waals surface area contributed by atoms with Crippen LogP contribution in [0.1, 0.15) is 25.1 Å². The zero-order chi connectivity index (χ0) is 24.7. The Morgan fingerprint density at radius 1 is 1.18 bits per heavy atom. The van der Waals surface area contributed by atoms with Gasteiger partial charge in [0.2, 0.25) is 11.7 Å². The first-order valence-electron chi connectivity index (χ1n) is 11.2. The average molecular weight is 470 g/mol. The highest BCUT2D eigenvalue weighted by molar-refractivity contribution is 5.76. The van der Waals surface area contributed by atoms with E-state index in [1.165, 1.54) is 0 Å². The normalized spacial score (nSPS) is 11.8. The Labute approximate surface area is 198 Å². The summed E-state index contributed by atoms with van der Waals surface area (Å²) in [4.78, 5) is 22.4. The van der Waals surface area contributed by atoms with Crippen molar-refractivity contribution in [3.8, 4) is 28.6 Å². The summed E-state index contributed by atoms with van der Waals surface area (Å²) in [6.07, 6.45) is -0.903. The Morgan fingerprint density at radius 3 is 2.62 bits per heavy atom. The summed E-state index contributed by atoms with van der Waals surface area (Å²) in [6, 6.07) is 9.28. The number of nitrogens with one attached hydrogen (secondary N) is 1. The Morgan fingerprint density at radius 2 is 1.94 bits per heavy atom. The van der Waals surface area contributed by atoms with Crippen LogP contribution in [0.3, 0.4) is 0 Å². The summed E-state index contributed by atoms with van der Waals surface area (Å²) < 4.78 is 11.2. The molecular formula is C24H31N5O5. The molecule has 182 valence electrons. The van der Waals surface area contributed by atoms with E-state index in [1.54, 1.807) is 6.07 Å². The maximum Gasteiger partial charge on any atom is 0.258 e. The number of ether oxygens (including phenoxy) is 1. The number of amides is 1. The molecule has 0 saturated carbocycles. The average Bonchev–Trinajstić information content (AvgIpc) is 3.31. The van der Waals surface area contributed by atoms with Crippen LogP contribution in [0.15, 0.2) is 34.9 Å². The zero-order valence-electron chi connectivity index (χ0n) is 19.9. The Hall–Kier alpha value is -3.50. The van der Waals surface area contributed by atoms with Gasteiger partial charge < -0.3 is 29.7 Å². The number of hydrogen-bond acceptors (Lipinski definition) is 9. The van der Waals surface area contributed by atoms with E-state index in [0.717, 1.165) is 41.3 Å². The van der Waals surface area contributed by atoms with Crippen LogP contribution in [0.4, 0.5) is 5.82 Å². The van der Waals surface area contributed by atoms with Crippen LogP contribution in [0, 0.1) is 13.8 Å². The van der Waals surface area contributed by atoms with E-state index in [0.29, 0.717) is 17.5 Å². The fraction of sp³-hybridized carbons (Fsp3) is 0.417. The van der Waals surface area contributed by atoms with E-state index in [4.69, 9.17) is 14.4 Å². The third-order valence-electron chi connectivity index (χ3n) is 5.26. The van der Waals surface area contributed by atoms with Gasteiger partial charge in [0, 0.05) is 36.5 Å². The molecule has 0 aliphatic carbocycles. The number of aliphatic hydroxyl groups is 2. The van der Waals surface area contributed by atoms with Gasteiger partial charge in [-0.3, -0.25) is 4.79 Å². The van der Waals surface area contributed by atoms with Gasteiger partial charge in [-0.2, -0.15) is 4.98 Å². The van der Waals surface area contributed by atoms with Gasteiger partial charge in [-0.25, -0.2) is 4.98 Å². The maximum atomic E-state index is 11.1. The molecule has 3 aromatic rings. The van der Waals surface area contributed by atoms with Crippen LogP contribution in [0.25, 0.3) is 22.8 Å². The van der Waals surface area contributed by atoms with E-state index in [1.807, 2.05) is 38.1 Å². The van der Waals surface area contributed by atoms with Gasteiger partial charge in [-0.15, -0.1) is 0 Å². The highest BCUT2D eigenvalue weighted by Gasteiger charge is 2.16. The van der Waals surface area contributed by atoms with Gasteiger partial charge in [0.05, 0.1) is 0 Å². The molecule has 0 aliphatic rings. The lowest BCUT2D eigenvalue weighted by molar-refractivity contribution is -0.124. The topological polar surface area (TPSA) is 134 Å². The van der Waals surface area contributed by atoms with Crippen molar-refractivity contribution >= 4 is 11.7 Å². The smallest absolute Gasteiger partial charge is 0.258 e. The van der Waals surface area contributed by atoms with E-state index < -0.39 is 18.6 Å². The lowest BCUT2D eigenvalue weighted by Crippen LogP contribution is -2.36. The molecule has 0 aliphatic heterocycles. The molecule has 1 unspecified atom stereocenters. The number of pyridine rings is 1. The largest absolute Gasteiger partial charge is 0.491 e. The standard InChI is InChI=1S/C24H31N5O5/c1-5-29(6-2)21-11-17(10-16(4)26-21)24-27-23(28-34-24)20-8-7-19(9-15(20)3)33-14-18(31)12-25-22(32)13-30/h7-11,18,30-31H,5-6,12-14H2,1-4H3,(H,25,32). The van der Waals surface area contributed by atoms with Gasteiger partial charge in [0.1, 0.15) is 30.9 Å². The number of anilines is 1. The number of carbonyl (C=O) groups excluding carboxylic acids is 1. The highest BCUT2D eigenvalue weighted by atomic mass is 16.5. The molecule has 3 N–H and O–H groups in total. The van der Waals surface area contributed by atoms with E-state index in [2.05, 4.69) is 39.2 Å². The molecule has 1 atom stereocenters. The molecule has 0 bridgehead atoms. The molecule has 10 nitrogen and oxygen atoms in total. The third-order valence-corrected chi connectivity index (χ3v) is 5.26. The lowest BCUT2D eigenvalue weighted by atomic mass is 10.1. The molecular weight excluding hydrogens is 438 g/mol. The predicted molar refractivity (Wildman–Crippen MR) is 128 cm³/mol. The number of rotatable bonds is 11. The third kappa shape index (κ3) is 6.30. The molecule has 0 spiro atoms. The summed E-state index contributed by atoms with van der Waals surface area (Å²) in [5.74, 6) is 1.76. The number of nitrogens with zero attached hydrogens (tertiary/aromatic N) is 4. The Kier molecular flexibility index (Phi) is 8.55. The second-order valence-corrected chi connectivity index (χ2v) is 7.85. The van der Waals surface area contributed by atoms with Crippen molar-refractivity contribution in [3.63, 3.8) is 0 Å². The summed E-state index contributed by atoms with van der Waals surface area (Å²) in [7, 11) is 0. The van der Waals surface area contributed by atoms with Gasteiger partial charge in [-0.1, -0.05) is 5.16 Å². The van der Waals surface area contributed by atoms with Crippen LogP contribution in [0.2, 0.25) is 0 Å². The van der Waals surface area contributed by atoms with Crippen molar-refractivity contribution in [1.82, 2.24) is 20.4 Å². The van der Waals surface area contributed by atoms with Crippen molar-refractivity contribution in [2.24, 2.45) is 0 Å². The van der Waals surface area contributed by atoms with E-state index in [9.17, 15) is 9.90 Å². The summed E-state index contributed by atoms with van der Waals surface area (Å²) in [5.41, 5.74) is 3.36. The zero-order valence-corrected chi connectivity index (χ0v) is 19.9. The quantitative estimate of drug-likeness (QED) is 0.386. The molecule has 0 saturated heterocycles. The van der Waals surface area contributed by atoms with Crippen LogP contribution in [-0.4, -0.2) is 70.2 Å². The lowest BCUT2D eigenvalue weighted by Gasteiger charge is -2.20. The predicted octanol–water partition coefficient (Wildman–Crippen LogP) is 2.11. The van der Waals surface area contributed by atoms with Crippen molar-refractivity contribution in [2.75, 3.05) is 37.7 Å². The van der Waals surface area contributed by atoms with Crippen molar-refractivity contribution < 1.29 is 24.3 Å². The summed E-state index contributed by atoms with van der Waals surface area (Å²) >= 11 is 0. The van der Waals surface area contributed by atoms with Gasteiger partial charge >= 0.3 is 0 Å². The number of benzene rings is 1. The molecule has 34 heavy (non-hydrogen) atoms. The minimum atomic E-state index is -0.903. The van der Waals surface area contributed by atoms with Gasteiger partial charge in [-0.05, 0) is 63.6 Å². The van der Waals surface area contributed by atoms with Crippen LogP contribution in [0.5, 0.6) is 5.75 Å².